The summed E-state index contributed by atoms with van der Waals surface area (Å²) in [4.78, 5) is 0. The van der Waals surface area contributed by atoms with Crippen molar-refractivity contribution in [2.24, 2.45) is 0 Å². The Kier molecular flexibility index (Phi) is 17.8. The molecule has 0 radical (unpaired) electrons. The number of unbranched alkanes of at least 4 members (excludes halogenated alkanes) is 11. The summed E-state index contributed by atoms with van der Waals surface area (Å²) in [5, 5.41) is 9.22. The molecule has 0 aliphatic rings. The van der Waals surface area contributed by atoms with E-state index in [1.807, 2.05) is 0 Å². The summed E-state index contributed by atoms with van der Waals surface area (Å²) in [6.07, 6.45) is 18.3. The molecule has 0 spiro atoms. The van der Waals surface area contributed by atoms with E-state index in [2.05, 4.69) is 13.8 Å². The molecule has 0 amide bonds. The predicted molar refractivity (Wildman–Crippen MR) is 116 cm³/mol. The minimum atomic E-state index is -3.94. The molecule has 2 atom stereocenters. The van der Waals surface area contributed by atoms with Crippen LogP contribution in [0.2, 0.25) is 0 Å². The van der Waals surface area contributed by atoms with Crippen molar-refractivity contribution >= 4 is 10.1 Å². The van der Waals surface area contributed by atoms with Gasteiger partial charge in [0, 0.05) is 0 Å². The Hall–Kier alpha value is -0.130. The molecule has 0 saturated heterocycles. The quantitative estimate of drug-likeness (QED) is 0.175. The summed E-state index contributed by atoms with van der Waals surface area (Å²) in [5.74, 6) is 0. The minimum absolute atomic E-state index is 0.218. The van der Waals surface area contributed by atoms with E-state index in [0.717, 1.165) is 57.8 Å². The summed E-state index contributed by atoms with van der Waals surface area (Å²) in [5.41, 5.74) is 0. The average molecular weight is 407 g/mol. The molecule has 0 heterocycles. The lowest BCUT2D eigenvalue weighted by Crippen LogP contribution is -2.20. The van der Waals surface area contributed by atoms with Crippen molar-refractivity contribution in [1.29, 1.82) is 0 Å². The van der Waals surface area contributed by atoms with Crippen molar-refractivity contribution in [1.82, 2.24) is 0 Å². The van der Waals surface area contributed by atoms with Gasteiger partial charge in [0.25, 0.3) is 10.1 Å². The van der Waals surface area contributed by atoms with Crippen molar-refractivity contribution in [3.05, 3.63) is 0 Å². The number of aliphatic hydroxyl groups excluding tert-OH is 1. The van der Waals surface area contributed by atoms with Gasteiger partial charge in [-0.3, -0.25) is 4.55 Å². The minimum Gasteiger partial charge on any atom is -0.393 e. The molecule has 0 saturated carbocycles. The summed E-state index contributed by atoms with van der Waals surface area (Å²) in [6, 6.07) is 0. The molecular weight excluding hydrogens is 360 g/mol. The lowest BCUT2D eigenvalue weighted by Gasteiger charge is -2.14. The summed E-state index contributed by atoms with van der Waals surface area (Å²) in [6.45, 7) is 4.35. The first-order valence-corrected chi connectivity index (χ1v) is 13.1. The van der Waals surface area contributed by atoms with Crippen LogP contribution in [0.4, 0.5) is 0 Å². The molecule has 0 rings (SSSR count). The highest BCUT2D eigenvalue weighted by atomic mass is 32.2. The fraction of sp³-hybridized carbons (Fsp3) is 1.00. The van der Waals surface area contributed by atoms with Gasteiger partial charge >= 0.3 is 0 Å². The second-order valence-electron chi connectivity index (χ2n) is 8.19. The van der Waals surface area contributed by atoms with Gasteiger partial charge in [-0.2, -0.15) is 8.42 Å². The zero-order valence-corrected chi connectivity index (χ0v) is 18.8. The van der Waals surface area contributed by atoms with Crippen LogP contribution >= 0.6 is 0 Å². The van der Waals surface area contributed by atoms with Crippen molar-refractivity contribution in [2.45, 2.75) is 141 Å². The van der Waals surface area contributed by atoms with Crippen LogP contribution in [0.15, 0.2) is 0 Å². The topological polar surface area (TPSA) is 74.6 Å². The summed E-state index contributed by atoms with van der Waals surface area (Å²) >= 11 is 0. The molecule has 27 heavy (non-hydrogen) atoms. The Morgan fingerprint density at radius 3 is 1.44 bits per heavy atom. The smallest absolute Gasteiger partial charge is 0.267 e. The lowest BCUT2D eigenvalue weighted by atomic mass is 10.0. The SMILES string of the molecule is CCCCCCCCCCCC(CCCCCC(O)CCCC)S(=O)(=O)O. The van der Waals surface area contributed by atoms with Crippen molar-refractivity contribution in [3.8, 4) is 0 Å². The molecule has 164 valence electrons. The van der Waals surface area contributed by atoms with Crippen LogP contribution < -0.4 is 0 Å². The van der Waals surface area contributed by atoms with Gasteiger partial charge in [0.15, 0.2) is 0 Å². The van der Waals surface area contributed by atoms with E-state index in [4.69, 9.17) is 0 Å². The molecule has 0 fully saturated rings. The maximum Gasteiger partial charge on any atom is 0.267 e. The number of hydrogen-bond acceptors (Lipinski definition) is 3. The monoisotopic (exact) mass is 406 g/mol. The first kappa shape index (κ1) is 26.9. The predicted octanol–water partition coefficient (Wildman–Crippen LogP) is 6.67. The van der Waals surface area contributed by atoms with Crippen LogP contribution in [-0.2, 0) is 10.1 Å². The van der Waals surface area contributed by atoms with E-state index in [0.29, 0.717) is 12.8 Å². The molecule has 0 aliphatic carbocycles. The van der Waals surface area contributed by atoms with Gasteiger partial charge in [0.2, 0.25) is 0 Å². The third kappa shape index (κ3) is 17.7. The van der Waals surface area contributed by atoms with Crippen LogP contribution in [0.25, 0.3) is 0 Å². The fourth-order valence-corrected chi connectivity index (χ4v) is 4.57. The van der Waals surface area contributed by atoms with E-state index in [1.165, 1.54) is 44.9 Å². The van der Waals surface area contributed by atoms with Gasteiger partial charge in [-0.1, -0.05) is 104 Å². The number of aliphatic hydroxyl groups is 1. The first-order valence-electron chi connectivity index (χ1n) is 11.6. The molecule has 2 unspecified atom stereocenters. The highest BCUT2D eigenvalue weighted by Crippen LogP contribution is 2.19. The molecule has 0 aromatic rings. The van der Waals surface area contributed by atoms with Gasteiger partial charge in [0.1, 0.15) is 0 Å². The largest absolute Gasteiger partial charge is 0.393 e. The van der Waals surface area contributed by atoms with Crippen LogP contribution in [-0.4, -0.2) is 29.4 Å². The molecule has 0 aliphatic heterocycles. The van der Waals surface area contributed by atoms with Gasteiger partial charge in [-0.05, 0) is 25.7 Å². The average Bonchev–Trinajstić information content (AvgIpc) is 2.62. The third-order valence-corrected chi connectivity index (χ3v) is 6.82. The van der Waals surface area contributed by atoms with Crippen LogP contribution in [0.1, 0.15) is 129 Å². The van der Waals surface area contributed by atoms with E-state index < -0.39 is 15.4 Å². The van der Waals surface area contributed by atoms with Crippen LogP contribution in [0, 0.1) is 0 Å². The second kappa shape index (κ2) is 17.9. The fourth-order valence-electron chi connectivity index (χ4n) is 3.64. The number of rotatable bonds is 20. The third-order valence-electron chi connectivity index (χ3n) is 5.51. The van der Waals surface area contributed by atoms with Gasteiger partial charge in [0.05, 0.1) is 11.4 Å². The highest BCUT2D eigenvalue weighted by Gasteiger charge is 2.21. The Balaban J connectivity index is 3.78. The summed E-state index contributed by atoms with van der Waals surface area (Å²) < 4.78 is 32.7. The Labute approximate surface area is 169 Å². The van der Waals surface area contributed by atoms with Crippen molar-refractivity contribution in [3.63, 3.8) is 0 Å². The lowest BCUT2D eigenvalue weighted by molar-refractivity contribution is 0.148. The Bertz CT molecular complexity index is 409. The maximum absolute atomic E-state index is 11.6. The zero-order valence-electron chi connectivity index (χ0n) is 18.0. The highest BCUT2D eigenvalue weighted by molar-refractivity contribution is 7.86. The van der Waals surface area contributed by atoms with Crippen LogP contribution in [0.3, 0.4) is 0 Å². The Morgan fingerprint density at radius 1 is 0.593 bits per heavy atom. The van der Waals surface area contributed by atoms with E-state index >= 15 is 0 Å². The van der Waals surface area contributed by atoms with Crippen molar-refractivity contribution in [2.75, 3.05) is 0 Å². The molecular formula is C22H46O4S. The second-order valence-corrected chi connectivity index (χ2v) is 9.88. The number of hydrogen-bond donors (Lipinski definition) is 2. The zero-order chi connectivity index (χ0) is 20.4. The molecule has 4 nitrogen and oxygen atoms in total. The molecule has 0 aromatic heterocycles. The van der Waals surface area contributed by atoms with E-state index in [1.54, 1.807) is 0 Å². The molecule has 2 N–H and O–H groups in total. The normalized spacial score (nSPS) is 14.4. The maximum atomic E-state index is 11.6. The Morgan fingerprint density at radius 2 is 0.963 bits per heavy atom. The molecule has 0 bridgehead atoms. The van der Waals surface area contributed by atoms with Crippen molar-refractivity contribution < 1.29 is 18.1 Å². The summed E-state index contributed by atoms with van der Waals surface area (Å²) in [7, 11) is -3.94. The van der Waals surface area contributed by atoms with Gasteiger partial charge in [-0.15, -0.1) is 0 Å². The molecule has 5 heteroatoms. The van der Waals surface area contributed by atoms with Gasteiger partial charge < -0.3 is 5.11 Å². The van der Waals surface area contributed by atoms with E-state index in [-0.39, 0.29) is 6.10 Å². The molecule has 0 aromatic carbocycles. The van der Waals surface area contributed by atoms with E-state index in [9.17, 15) is 18.1 Å². The van der Waals surface area contributed by atoms with Gasteiger partial charge in [-0.25, -0.2) is 0 Å². The first-order chi connectivity index (χ1) is 12.9. The standard InChI is InChI=1S/C22H46O4S/c1-3-5-7-8-9-10-11-12-15-19-22(27(24,25)26)20-16-13-14-18-21(23)17-6-4-2/h21-23H,3-20H2,1-2H3,(H,24,25,26). The van der Waals surface area contributed by atoms with Crippen LogP contribution in [0.5, 0.6) is 0 Å².